The van der Waals surface area contributed by atoms with Crippen LogP contribution in [0.25, 0.3) is 0 Å². The second-order valence-electron chi connectivity index (χ2n) is 3.45. The molecule has 17 heavy (non-hydrogen) atoms. The quantitative estimate of drug-likeness (QED) is 0.338. The summed E-state index contributed by atoms with van der Waals surface area (Å²) in [6.45, 7) is 0. The molecule has 0 saturated carbocycles. The molecule has 92 valence electrons. The van der Waals surface area contributed by atoms with Crippen molar-refractivity contribution in [3.8, 4) is 0 Å². The van der Waals surface area contributed by atoms with E-state index in [1.54, 1.807) is 0 Å². The van der Waals surface area contributed by atoms with Crippen molar-refractivity contribution in [3.63, 3.8) is 0 Å². The first-order valence-corrected chi connectivity index (χ1v) is 4.43. The van der Waals surface area contributed by atoms with Gasteiger partial charge in [0.15, 0.2) is 0 Å². The van der Waals surface area contributed by atoms with Crippen molar-refractivity contribution >= 4 is 12.6 Å². The minimum absolute atomic E-state index is 0.413. The van der Waals surface area contributed by atoms with Crippen LogP contribution in [0.4, 0.5) is 8.78 Å². The summed E-state index contributed by atoms with van der Waals surface area (Å²) in [4.78, 5) is 0. The van der Waals surface area contributed by atoms with Crippen LogP contribution < -0.4 is 5.46 Å². The first-order chi connectivity index (χ1) is 7.73. The monoisotopic (exact) mass is 248 g/mol. The normalized spacial score (nSPS) is 21.9. The highest BCUT2D eigenvalue weighted by atomic mass is 19.1. The fourth-order valence-electron chi connectivity index (χ4n) is 1.30. The molecule has 1 aliphatic heterocycles. The smallest absolute Gasteiger partial charge is 0.350 e. The van der Waals surface area contributed by atoms with Crippen LogP contribution in [-0.4, -0.2) is 39.5 Å². The molecule has 0 aromatic heterocycles. The number of hydrogen-bond acceptors (Lipinski definition) is 6. The fraction of sp³-hybridized carbons (Fsp3) is 0.250. The largest absolute Gasteiger partial charge is 0.504 e. The Labute approximate surface area is 93.8 Å². The third-order valence-corrected chi connectivity index (χ3v) is 2.18. The Morgan fingerprint density at radius 1 is 1.00 bits per heavy atom. The predicted octanol–water partition coefficient (Wildman–Crippen LogP) is -2.02. The zero-order valence-electron chi connectivity index (χ0n) is 8.17. The van der Waals surface area contributed by atoms with Crippen LogP contribution in [0.5, 0.6) is 0 Å². The van der Waals surface area contributed by atoms with E-state index < -0.39 is 36.2 Å². The van der Waals surface area contributed by atoms with Gasteiger partial charge in [-0.05, 0) is 6.07 Å². The zero-order chi connectivity index (χ0) is 12.8. The van der Waals surface area contributed by atoms with Gasteiger partial charge >= 0.3 is 19.1 Å². The summed E-state index contributed by atoms with van der Waals surface area (Å²) in [7, 11) is -1.79. The standard InChI is InChI=1S/C8H7BF2O6/c10-4-1-2-5(6(11)3-4)9-16-7(12,13)8(14,15)17-9/h1-3,12-15H. The summed E-state index contributed by atoms with van der Waals surface area (Å²) in [5.41, 5.74) is -0.413. The lowest BCUT2D eigenvalue weighted by atomic mass is 9.79. The summed E-state index contributed by atoms with van der Waals surface area (Å²) < 4.78 is 34.5. The maximum atomic E-state index is 13.3. The van der Waals surface area contributed by atoms with Gasteiger partial charge in [0.2, 0.25) is 0 Å². The van der Waals surface area contributed by atoms with Crippen molar-refractivity contribution in [1.82, 2.24) is 0 Å². The van der Waals surface area contributed by atoms with Crippen LogP contribution >= 0.6 is 0 Å². The average molecular weight is 248 g/mol. The van der Waals surface area contributed by atoms with Gasteiger partial charge < -0.3 is 29.7 Å². The van der Waals surface area contributed by atoms with E-state index in [-0.39, 0.29) is 0 Å². The second kappa shape index (κ2) is 3.70. The van der Waals surface area contributed by atoms with Crippen LogP contribution in [0.2, 0.25) is 0 Å². The number of hydrogen-bond donors (Lipinski definition) is 4. The van der Waals surface area contributed by atoms with Crippen LogP contribution in [0.3, 0.4) is 0 Å². The SMILES string of the molecule is OC1(O)OB(c2ccc(F)cc2F)OC1(O)O. The van der Waals surface area contributed by atoms with Crippen molar-refractivity contribution in [2.75, 3.05) is 0 Å². The van der Waals surface area contributed by atoms with Crippen molar-refractivity contribution < 1.29 is 38.5 Å². The summed E-state index contributed by atoms with van der Waals surface area (Å²) in [6.07, 6.45) is 0. The molecule has 0 unspecified atom stereocenters. The van der Waals surface area contributed by atoms with Gasteiger partial charge in [0.25, 0.3) is 0 Å². The molecular formula is C8H7BF2O6. The molecule has 0 radical (unpaired) electrons. The van der Waals surface area contributed by atoms with Gasteiger partial charge in [-0.3, -0.25) is 0 Å². The molecule has 9 heteroatoms. The van der Waals surface area contributed by atoms with Crippen molar-refractivity contribution in [1.29, 1.82) is 0 Å². The van der Waals surface area contributed by atoms with Gasteiger partial charge in [0, 0.05) is 11.5 Å². The Balaban J connectivity index is 2.32. The molecule has 0 atom stereocenters. The third kappa shape index (κ3) is 2.04. The van der Waals surface area contributed by atoms with Gasteiger partial charge in [-0.1, -0.05) is 6.07 Å². The number of rotatable bonds is 1. The van der Waals surface area contributed by atoms with Crippen molar-refractivity contribution in [3.05, 3.63) is 29.8 Å². The molecule has 0 aliphatic carbocycles. The minimum Gasteiger partial charge on any atom is -0.350 e. The van der Waals surface area contributed by atoms with Gasteiger partial charge in [0.05, 0.1) is 0 Å². The molecular weight excluding hydrogens is 241 g/mol. The Morgan fingerprint density at radius 2 is 1.53 bits per heavy atom. The first-order valence-electron chi connectivity index (χ1n) is 4.43. The van der Waals surface area contributed by atoms with Gasteiger partial charge in [-0.15, -0.1) is 0 Å². The topological polar surface area (TPSA) is 99.4 Å². The summed E-state index contributed by atoms with van der Waals surface area (Å²) >= 11 is 0. The van der Waals surface area contributed by atoms with Crippen LogP contribution in [0, 0.1) is 11.6 Å². The molecule has 4 N–H and O–H groups in total. The van der Waals surface area contributed by atoms with Crippen LogP contribution in [0.15, 0.2) is 18.2 Å². The van der Waals surface area contributed by atoms with E-state index in [0.29, 0.717) is 6.07 Å². The van der Waals surface area contributed by atoms with E-state index in [1.807, 2.05) is 0 Å². The summed E-state index contributed by atoms with van der Waals surface area (Å²) in [6, 6.07) is 2.29. The van der Waals surface area contributed by atoms with Gasteiger partial charge in [-0.2, -0.15) is 0 Å². The minimum atomic E-state index is -3.42. The number of benzene rings is 1. The molecule has 1 aromatic carbocycles. The molecule has 1 saturated heterocycles. The molecule has 1 aliphatic rings. The molecule has 1 aromatic rings. The number of aliphatic hydroxyl groups is 4. The van der Waals surface area contributed by atoms with Crippen LogP contribution in [-0.2, 0) is 9.31 Å². The van der Waals surface area contributed by atoms with Crippen molar-refractivity contribution in [2.45, 2.75) is 11.9 Å². The average Bonchev–Trinajstić information content (AvgIpc) is 2.35. The molecule has 0 spiro atoms. The maximum Gasteiger partial charge on any atom is 0.504 e. The van der Waals surface area contributed by atoms with E-state index >= 15 is 0 Å². The lowest BCUT2D eigenvalue weighted by molar-refractivity contribution is -0.464. The predicted molar refractivity (Wildman–Crippen MR) is 48.3 cm³/mol. The Kier molecular flexibility index (Phi) is 2.69. The van der Waals surface area contributed by atoms with E-state index in [2.05, 4.69) is 9.31 Å². The third-order valence-electron chi connectivity index (χ3n) is 2.18. The molecule has 2 rings (SSSR count). The van der Waals surface area contributed by atoms with Gasteiger partial charge in [0.1, 0.15) is 11.6 Å². The van der Waals surface area contributed by atoms with Gasteiger partial charge in [-0.25, -0.2) is 8.78 Å². The zero-order valence-corrected chi connectivity index (χ0v) is 8.17. The highest BCUT2D eigenvalue weighted by Crippen LogP contribution is 2.29. The van der Waals surface area contributed by atoms with Crippen LogP contribution in [0.1, 0.15) is 0 Å². The molecule has 6 nitrogen and oxygen atoms in total. The lowest BCUT2D eigenvalue weighted by Crippen LogP contribution is -2.51. The summed E-state index contributed by atoms with van der Waals surface area (Å²) in [5, 5.41) is 36.0. The Morgan fingerprint density at radius 3 is 2.00 bits per heavy atom. The second-order valence-corrected chi connectivity index (χ2v) is 3.45. The Bertz CT molecular complexity index is 436. The first kappa shape index (κ1) is 12.4. The van der Waals surface area contributed by atoms with E-state index in [1.165, 1.54) is 0 Å². The fourth-order valence-corrected chi connectivity index (χ4v) is 1.30. The highest BCUT2D eigenvalue weighted by molar-refractivity contribution is 6.62. The van der Waals surface area contributed by atoms with E-state index in [0.717, 1.165) is 12.1 Å². The molecule has 0 amide bonds. The maximum absolute atomic E-state index is 13.3. The lowest BCUT2D eigenvalue weighted by Gasteiger charge is -2.23. The number of halogens is 2. The van der Waals surface area contributed by atoms with E-state index in [4.69, 9.17) is 20.4 Å². The summed E-state index contributed by atoms with van der Waals surface area (Å²) in [5.74, 6) is -8.79. The molecule has 1 heterocycles. The highest BCUT2D eigenvalue weighted by Gasteiger charge is 2.62. The molecule has 0 bridgehead atoms. The van der Waals surface area contributed by atoms with Crippen molar-refractivity contribution in [2.24, 2.45) is 0 Å². The van der Waals surface area contributed by atoms with E-state index in [9.17, 15) is 8.78 Å². The Hall–Kier alpha value is -1.10. The molecule has 1 fully saturated rings.